The molecule has 0 spiro atoms. The summed E-state index contributed by atoms with van der Waals surface area (Å²) < 4.78 is 13.4. The minimum absolute atomic E-state index is 0.110. The molecule has 0 bridgehead atoms. The highest BCUT2D eigenvalue weighted by Crippen LogP contribution is 2.28. The zero-order chi connectivity index (χ0) is 25.6. The Morgan fingerprint density at radius 3 is 2.92 bits per heavy atom. The van der Waals surface area contributed by atoms with Crippen LogP contribution in [0.1, 0.15) is 56.1 Å². The zero-order valence-electron chi connectivity index (χ0n) is 21.3. The van der Waals surface area contributed by atoms with Gasteiger partial charge in [0.1, 0.15) is 5.75 Å². The van der Waals surface area contributed by atoms with Gasteiger partial charge >= 0.3 is 0 Å². The Bertz CT molecular complexity index is 1370. The molecule has 194 valence electrons. The molecule has 1 N–H and O–H groups in total. The number of H-pyrrole nitrogens is 1. The highest BCUT2D eigenvalue weighted by Gasteiger charge is 2.28. The Labute approximate surface area is 215 Å². The standard InChI is InChI=1S/C27H33N7O3/c1-3-25(26-30-31-32-34(26)18-23-8-6-12-37-23)33(16-19-7-5-11-28-15-19)17-21-13-20-14-22(36-4-2)9-10-24(20)29-27(21)35/h5,7,9-11,13-15,23,25H,3-4,6,8,12,16-18H2,1-2H3,(H,29,35)/t23-,25+/m1/s1. The number of rotatable bonds is 11. The van der Waals surface area contributed by atoms with Gasteiger partial charge in [-0.3, -0.25) is 14.7 Å². The monoisotopic (exact) mass is 503 g/mol. The van der Waals surface area contributed by atoms with Crippen molar-refractivity contribution in [1.82, 2.24) is 35.1 Å². The first-order valence-electron chi connectivity index (χ1n) is 12.9. The molecule has 0 radical (unpaired) electrons. The first-order valence-corrected chi connectivity index (χ1v) is 12.9. The molecular weight excluding hydrogens is 470 g/mol. The number of ether oxygens (including phenoxy) is 2. The average molecular weight is 504 g/mol. The van der Waals surface area contributed by atoms with E-state index in [1.807, 2.05) is 54.2 Å². The molecule has 1 aromatic carbocycles. The van der Waals surface area contributed by atoms with Crippen LogP contribution in [0, 0.1) is 0 Å². The molecule has 1 aliphatic heterocycles. The summed E-state index contributed by atoms with van der Waals surface area (Å²) in [7, 11) is 0. The van der Waals surface area contributed by atoms with Crippen LogP contribution in [-0.2, 0) is 24.4 Å². The summed E-state index contributed by atoms with van der Waals surface area (Å²) in [5, 5.41) is 13.6. The van der Waals surface area contributed by atoms with Gasteiger partial charge in [0.05, 0.1) is 25.3 Å². The SMILES string of the molecule is CCOc1ccc2[nH]c(=O)c(CN(Cc3cccnc3)[C@@H](CC)c3nnnn3C[C@H]3CCCO3)cc2c1. The van der Waals surface area contributed by atoms with Gasteiger partial charge in [-0.25, -0.2) is 4.68 Å². The van der Waals surface area contributed by atoms with Crippen LogP contribution >= 0.6 is 0 Å². The van der Waals surface area contributed by atoms with Crippen LogP contribution in [0.25, 0.3) is 10.9 Å². The van der Waals surface area contributed by atoms with Gasteiger partial charge < -0.3 is 14.5 Å². The van der Waals surface area contributed by atoms with Crippen LogP contribution in [0.15, 0.2) is 53.6 Å². The van der Waals surface area contributed by atoms with Crippen LogP contribution in [0.4, 0.5) is 0 Å². The highest BCUT2D eigenvalue weighted by atomic mass is 16.5. The van der Waals surface area contributed by atoms with E-state index < -0.39 is 0 Å². The lowest BCUT2D eigenvalue weighted by Gasteiger charge is -2.30. The largest absolute Gasteiger partial charge is 0.494 e. The van der Waals surface area contributed by atoms with Crippen molar-refractivity contribution in [3.63, 3.8) is 0 Å². The average Bonchev–Trinajstić information content (AvgIpc) is 3.59. The molecule has 0 aliphatic carbocycles. The number of nitrogens with zero attached hydrogens (tertiary/aromatic N) is 6. The molecule has 37 heavy (non-hydrogen) atoms. The van der Waals surface area contributed by atoms with Gasteiger partial charge in [0.2, 0.25) is 0 Å². The Morgan fingerprint density at radius 2 is 2.16 bits per heavy atom. The maximum Gasteiger partial charge on any atom is 0.252 e. The van der Waals surface area contributed by atoms with Crippen molar-refractivity contribution in [2.24, 2.45) is 0 Å². The smallest absolute Gasteiger partial charge is 0.252 e. The number of hydrogen-bond acceptors (Lipinski definition) is 8. The fourth-order valence-electron chi connectivity index (χ4n) is 4.99. The molecule has 5 rings (SSSR count). The van der Waals surface area contributed by atoms with Crippen LogP contribution in [0.3, 0.4) is 0 Å². The third-order valence-electron chi connectivity index (χ3n) is 6.77. The second-order valence-corrected chi connectivity index (χ2v) is 9.35. The van der Waals surface area contributed by atoms with Crippen LogP contribution in [0.5, 0.6) is 5.75 Å². The van der Waals surface area contributed by atoms with E-state index in [2.05, 4.69) is 37.3 Å². The molecule has 2 atom stereocenters. The number of benzene rings is 1. The lowest BCUT2D eigenvalue weighted by Crippen LogP contribution is -2.33. The Balaban J connectivity index is 1.49. The molecular formula is C27H33N7O3. The lowest BCUT2D eigenvalue weighted by atomic mass is 10.1. The van der Waals surface area contributed by atoms with E-state index in [9.17, 15) is 4.79 Å². The number of hydrogen-bond donors (Lipinski definition) is 1. The summed E-state index contributed by atoms with van der Waals surface area (Å²) in [6.45, 7) is 7.07. The van der Waals surface area contributed by atoms with Crippen molar-refractivity contribution in [1.29, 1.82) is 0 Å². The summed E-state index contributed by atoms with van der Waals surface area (Å²) in [5.74, 6) is 1.55. The van der Waals surface area contributed by atoms with E-state index in [-0.39, 0.29) is 17.7 Å². The number of nitrogens with one attached hydrogen (secondary N) is 1. The Kier molecular flexibility index (Phi) is 7.86. The van der Waals surface area contributed by atoms with E-state index >= 15 is 0 Å². The van der Waals surface area contributed by atoms with Crippen LogP contribution < -0.4 is 10.3 Å². The molecule has 4 heterocycles. The molecule has 0 amide bonds. The predicted molar refractivity (Wildman–Crippen MR) is 139 cm³/mol. The molecule has 0 saturated carbocycles. The van der Waals surface area contributed by atoms with Gasteiger partial charge in [0.25, 0.3) is 5.56 Å². The summed E-state index contributed by atoms with van der Waals surface area (Å²) in [5.41, 5.74) is 2.39. The second kappa shape index (κ2) is 11.6. The van der Waals surface area contributed by atoms with Crippen molar-refractivity contribution < 1.29 is 9.47 Å². The zero-order valence-corrected chi connectivity index (χ0v) is 21.3. The van der Waals surface area contributed by atoms with Crippen LogP contribution in [-0.4, -0.2) is 54.4 Å². The Morgan fingerprint density at radius 1 is 1.24 bits per heavy atom. The summed E-state index contributed by atoms with van der Waals surface area (Å²) in [6, 6.07) is 11.5. The summed E-state index contributed by atoms with van der Waals surface area (Å²) >= 11 is 0. The second-order valence-electron chi connectivity index (χ2n) is 9.35. The molecule has 1 saturated heterocycles. The van der Waals surface area contributed by atoms with Crippen molar-refractivity contribution in [2.75, 3.05) is 13.2 Å². The fourth-order valence-corrected chi connectivity index (χ4v) is 4.99. The van der Waals surface area contributed by atoms with Crippen molar-refractivity contribution >= 4 is 10.9 Å². The van der Waals surface area contributed by atoms with E-state index in [4.69, 9.17) is 9.47 Å². The van der Waals surface area contributed by atoms with Gasteiger partial charge in [-0.2, -0.15) is 0 Å². The van der Waals surface area contributed by atoms with Crippen molar-refractivity contribution in [3.05, 3.63) is 76.1 Å². The predicted octanol–water partition coefficient (Wildman–Crippen LogP) is 3.64. The van der Waals surface area contributed by atoms with Gasteiger partial charge in [0, 0.05) is 48.6 Å². The van der Waals surface area contributed by atoms with E-state index in [0.717, 1.165) is 53.9 Å². The minimum Gasteiger partial charge on any atom is -0.494 e. The number of aromatic nitrogens is 6. The number of tetrazole rings is 1. The molecule has 0 unspecified atom stereocenters. The highest BCUT2D eigenvalue weighted by molar-refractivity contribution is 5.80. The normalized spacial score (nSPS) is 16.5. The van der Waals surface area contributed by atoms with Gasteiger partial charge in [-0.05, 0) is 72.5 Å². The molecule has 10 nitrogen and oxygen atoms in total. The number of aromatic amines is 1. The maximum atomic E-state index is 13.1. The van der Waals surface area contributed by atoms with E-state index in [1.54, 1.807) is 6.20 Å². The minimum atomic E-state index is -0.110. The maximum absolute atomic E-state index is 13.1. The van der Waals surface area contributed by atoms with Gasteiger partial charge in [-0.1, -0.05) is 13.0 Å². The molecule has 4 aromatic rings. The third-order valence-corrected chi connectivity index (χ3v) is 6.77. The molecule has 1 fully saturated rings. The number of fused-ring (bicyclic) bond motifs is 1. The summed E-state index contributed by atoms with van der Waals surface area (Å²) in [6.07, 6.45) is 6.57. The van der Waals surface area contributed by atoms with Crippen LogP contribution in [0.2, 0.25) is 0 Å². The fraction of sp³-hybridized carbons (Fsp3) is 0.444. The molecule has 3 aromatic heterocycles. The molecule has 10 heteroatoms. The van der Waals surface area contributed by atoms with Gasteiger partial charge in [0.15, 0.2) is 5.82 Å². The quantitative estimate of drug-likeness (QED) is 0.330. The van der Waals surface area contributed by atoms with Gasteiger partial charge in [-0.15, -0.1) is 5.10 Å². The Hall–Kier alpha value is -3.63. The first kappa shape index (κ1) is 25.0. The third kappa shape index (κ3) is 5.86. The van der Waals surface area contributed by atoms with Crippen molar-refractivity contribution in [2.45, 2.75) is 64.9 Å². The van der Waals surface area contributed by atoms with E-state index in [1.165, 1.54) is 0 Å². The van der Waals surface area contributed by atoms with Crippen molar-refractivity contribution in [3.8, 4) is 5.75 Å². The lowest BCUT2D eigenvalue weighted by molar-refractivity contribution is 0.0888. The number of pyridine rings is 2. The topological polar surface area (TPSA) is 111 Å². The first-order chi connectivity index (χ1) is 18.1. The molecule has 1 aliphatic rings. The summed E-state index contributed by atoms with van der Waals surface area (Å²) in [4.78, 5) is 22.7. The van der Waals surface area contributed by atoms with E-state index in [0.29, 0.717) is 31.8 Å².